The van der Waals surface area contributed by atoms with E-state index in [9.17, 15) is 0 Å². The summed E-state index contributed by atoms with van der Waals surface area (Å²) < 4.78 is 1.95. The molecule has 0 spiro atoms. The first-order valence-electron chi connectivity index (χ1n) is 6.16. The standard InChI is InChI=1S/C11H21N5/c1-8(2)6-12-9(3)11-13-14-15-16(11)7-10-4-5-10/h8-10,12H,4-7H2,1-3H3. The van der Waals surface area contributed by atoms with Gasteiger partial charge in [0.1, 0.15) is 0 Å². The van der Waals surface area contributed by atoms with Gasteiger partial charge < -0.3 is 5.32 Å². The van der Waals surface area contributed by atoms with Crippen LogP contribution in [0.3, 0.4) is 0 Å². The molecule has 1 N–H and O–H groups in total. The maximum absolute atomic E-state index is 4.11. The van der Waals surface area contributed by atoms with E-state index >= 15 is 0 Å². The summed E-state index contributed by atoms with van der Waals surface area (Å²) in [5, 5.41) is 15.4. The van der Waals surface area contributed by atoms with Crippen LogP contribution in [-0.4, -0.2) is 26.8 Å². The van der Waals surface area contributed by atoms with Crippen molar-refractivity contribution in [3.63, 3.8) is 0 Å². The molecule has 5 nitrogen and oxygen atoms in total. The fourth-order valence-corrected chi connectivity index (χ4v) is 1.70. The van der Waals surface area contributed by atoms with Crippen LogP contribution in [0.4, 0.5) is 0 Å². The SMILES string of the molecule is CC(C)CNC(C)c1nnnn1CC1CC1. The van der Waals surface area contributed by atoms with Gasteiger partial charge in [-0.25, -0.2) is 4.68 Å². The molecule has 1 aromatic heterocycles. The van der Waals surface area contributed by atoms with Gasteiger partial charge in [-0.2, -0.15) is 0 Å². The van der Waals surface area contributed by atoms with Gasteiger partial charge in [-0.3, -0.25) is 0 Å². The average Bonchev–Trinajstić information content (AvgIpc) is 2.91. The summed E-state index contributed by atoms with van der Waals surface area (Å²) in [6.45, 7) is 8.50. The minimum Gasteiger partial charge on any atom is -0.307 e. The Bertz CT molecular complexity index is 329. The highest BCUT2D eigenvalue weighted by Crippen LogP contribution is 2.30. The van der Waals surface area contributed by atoms with Crippen LogP contribution in [0, 0.1) is 11.8 Å². The van der Waals surface area contributed by atoms with Gasteiger partial charge in [0.25, 0.3) is 0 Å². The summed E-state index contributed by atoms with van der Waals surface area (Å²) in [4.78, 5) is 0. The second kappa shape index (κ2) is 4.91. The lowest BCUT2D eigenvalue weighted by Crippen LogP contribution is -2.26. The smallest absolute Gasteiger partial charge is 0.167 e. The first-order valence-corrected chi connectivity index (χ1v) is 6.16. The fraction of sp³-hybridized carbons (Fsp3) is 0.909. The van der Waals surface area contributed by atoms with Crippen molar-refractivity contribution in [3.8, 4) is 0 Å². The maximum atomic E-state index is 4.11. The molecule has 0 saturated heterocycles. The number of hydrogen-bond donors (Lipinski definition) is 1. The summed E-state index contributed by atoms with van der Waals surface area (Å²) in [5.41, 5.74) is 0. The third kappa shape index (κ3) is 3.01. The van der Waals surface area contributed by atoms with E-state index in [4.69, 9.17) is 0 Å². The molecule has 1 fully saturated rings. The molecule has 1 saturated carbocycles. The van der Waals surface area contributed by atoms with E-state index < -0.39 is 0 Å². The Balaban J connectivity index is 1.92. The minimum atomic E-state index is 0.233. The zero-order valence-corrected chi connectivity index (χ0v) is 10.3. The van der Waals surface area contributed by atoms with E-state index in [1.54, 1.807) is 0 Å². The lowest BCUT2D eigenvalue weighted by Gasteiger charge is -2.14. The molecule has 1 atom stereocenters. The number of tetrazole rings is 1. The molecule has 0 amide bonds. The fourth-order valence-electron chi connectivity index (χ4n) is 1.70. The van der Waals surface area contributed by atoms with E-state index in [2.05, 4.69) is 41.6 Å². The van der Waals surface area contributed by atoms with Crippen LogP contribution in [0.15, 0.2) is 0 Å². The van der Waals surface area contributed by atoms with E-state index in [0.717, 1.165) is 24.8 Å². The Morgan fingerprint density at radius 2 is 2.12 bits per heavy atom. The quantitative estimate of drug-likeness (QED) is 0.792. The predicted octanol–water partition coefficient (Wildman–Crippen LogP) is 1.39. The van der Waals surface area contributed by atoms with Crippen molar-refractivity contribution in [3.05, 3.63) is 5.82 Å². The van der Waals surface area contributed by atoms with Crippen molar-refractivity contribution in [2.45, 2.75) is 46.2 Å². The van der Waals surface area contributed by atoms with E-state index in [1.165, 1.54) is 12.8 Å². The highest BCUT2D eigenvalue weighted by Gasteiger charge is 2.24. The maximum Gasteiger partial charge on any atom is 0.167 e. The topological polar surface area (TPSA) is 55.6 Å². The summed E-state index contributed by atoms with van der Waals surface area (Å²) in [5.74, 6) is 2.42. The molecule has 5 heteroatoms. The summed E-state index contributed by atoms with van der Waals surface area (Å²) in [6.07, 6.45) is 2.65. The first kappa shape index (κ1) is 11.5. The lowest BCUT2D eigenvalue weighted by atomic mass is 10.2. The number of hydrogen-bond acceptors (Lipinski definition) is 4. The van der Waals surface area contributed by atoms with Crippen LogP contribution < -0.4 is 5.32 Å². The van der Waals surface area contributed by atoms with Gasteiger partial charge in [-0.15, -0.1) is 5.10 Å². The molecule has 2 rings (SSSR count). The number of nitrogens with zero attached hydrogens (tertiary/aromatic N) is 4. The molecular formula is C11H21N5. The lowest BCUT2D eigenvalue weighted by molar-refractivity contribution is 0.443. The third-order valence-electron chi connectivity index (χ3n) is 2.91. The molecule has 0 bridgehead atoms. The number of aromatic nitrogens is 4. The molecule has 1 aromatic rings. The molecule has 1 heterocycles. The molecule has 0 aromatic carbocycles. The van der Waals surface area contributed by atoms with Gasteiger partial charge in [0, 0.05) is 6.54 Å². The van der Waals surface area contributed by atoms with Gasteiger partial charge in [0.2, 0.25) is 0 Å². The highest BCUT2D eigenvalue weighted by atomic mass is 15.5. The van der Waals surface area contributed by atoms with Gasteiger partial charge >= 0.3 is 0 Å². The molecule has 1 aliphatic rings. The molecule has 0 radical (unpaired) electrons. The van der Waals surface area contributed by atoms with Crippen molar-refractivity contribution in [2.75, 3.05) is 6.54 Å². The van der Waals surface area contributed by atoms with E-state index in [1.807, 2.05) is 4.68 Å². The molecule has 1 unspecified atom stereocenters. The zero-order chi connectivity index (χ0) is 11.5. The summed E-state index contributed by atoms with van der Waals surface area (Å²) in [6, 6.07) is 0.233. The van der Waals surface area contributed by atoms with Crippen LogP contribution in [0.2, 0.25) is 0 Å². The van der Waals surface area contributed by atoms with Crippen molar-refractivity contribution in [2.24, 2.45) is 11.8 Å². The van der Waals surface area contributed by atoms with Crippen molar-refractivity contribution in [1.82, 2.24) is 25.5 Å². The zero-order valence-electron chi connectivity index (χ0n) is 10.3. The van der Waals surface area contributed by atoms with Gasteiger partial charge in [-0.05, 0) is 48.6 Å². The Labute approximate surface area is 96.6 Å². The van der Waals surface area contributed by atoms with E-state index in [-0.39, 0.29) is 6.04 Å². The molecule has 1 aliphatic carbocycles. The van der Waals surface area contributed by atoms with Gasteiger partial charge in [-0.1, -0.05) is 13.8 Å². The Kier molecular flexibility index (Phi) is 3.53. The first-order chi connectivity index (χ1) is 7.66. The molecule has 90 valence electrons. The minimum absolute atomic E-state index is 0.233. The van der Waals surface area contributed by atoms with Crippen LogP contribution in [-0.2, 0) is 6.54 Å². The van der Waals surface area contributed by atoms with Crippen LogP contribution in [0.1, 0.15) is 45.5 Å². The van der Waals surface area contributed by atoms with Crippen molar-refractivity contribution >= 4 is 0 Å². The highest BCUT2D eigenvalue weighted by molar-refractivity contribution is 4.91. The second-order valence-electron chi connectivity index (χ2n) is 5.19. The number of nitrogens with one attached hydrogen (secondary N) is 1. The Morgan fingerprint density at radius 1 is 1.38 bits per heavy atom. The average molecular weight is 223 g/mol. The molecule has 0 aliphatic heterocycles. The van der Waals surface area contributed by atoms with Gasteiger partial charge in [0.15, 0.2) is 5.82 Å². The van der Waals surface area contributed by atoms with Crippen LogP contribution in [0.5, 0.6) is 0 Å². The van der Waals surface area contributed by atoms with Crippen LogP contribution >= 0.6 is 0 Å². The third-order valence-corrected chi connectivity index (χ3v) is 2.91. The van der Waals surface area contributed by atoms with Crippen molar-refractivity contribution in [1.29, 1.82) is 0 Å². The molecule has 16 heavy (non-hydrogen) atoms. The largest absolute Gasteiger partial charge is 0.307 e. The summed E-state index contributed by atoms with van der Waals surface area (Å²) >= 11 is 0. The van der Waals surface area contributed by atoms with E-state index in [0.29, 0.717) is 5.92 Å². The molecular weight excluding hydrogens is 202 g/mol. The van der Waals surface area contributed by atoms with Crippen molar-refractivity contribution < 1.29 is 0 Å². The normalized spacial score (nSPS) is 18.0. The Morgan fingerprint density at radius 3 is 2.75 bits per heavy atom. The monoisotopic (exact) mass is 223 g/mol. The second-order valence-corrected chi connectivity index (χ2v) is 5.19. The predicted molar refractivity (Wildman–Crippen MR) is 61.8 cm³/mol. The van der Waals surface area contributed by atoms with Gasteiger partial charge in [0.05, 0.1) is 6.04 Å². The number of rotatable bonds is 6. The Hall–Kier alpha value is -0.970. The van der Waals surface area contributed by atoms with Crippen LogP contribution in [0.25, 0.3) is 0 Å². The summed E-state index contributed by atoms with van der Waals surface area (Å²) in [7, 11) is 0.